The van der Waals surface area contributed by atoms with Gasteiger partial charge in [-0.25, -0.2) is 0 Å². The maximum absolute atomic E-state index is 12.6. The van der Waals surface area contributed by atoms with E-state index in [0.29, 0.717) is 30.3 Å². The molecular formula is C19H24N2O2. The van der Waals surface area contributed by atoms with Crippen molar-refractivity contribution in [2.24, 2.45) is 5.92 Å². The van der Waals surface area contributed by atoms with Crippen LogP contribution in [-0.4, -0.2) is 18.0 Å². The third kappa shape index (κ3) is 3.53. The average Bonchev–Trinajstić information content (AvgIpc) is 3.18. The van der Waals surface area contributed by atoms with Crippen molar-refractivity contribution in [3.63, 3.8) is 0 Å². The van der Waals surface area contributed by atoms with Crippen molar-refractivity contribution in [1.29, 1.82) is 0 Å². The minimum absolute atomic E-state index is 0.115. The zero-order valence-corrected chi connectivity index (χ0v) is 13.9. The quantitative estimate of drug-likeness (QED) is 0.815. The molecule has 1 heterocycles. The number of carbonyl (C=O) groups is 1. The molecule has 1 saturated carbocycles. The smallest absolute Gasteiger partial charge is 0.185 e. The van der Waals surface area contributed by atoms with E-state index in [1.165, 1.54) is 18.4 Å². The Kier molecular flexibility index (Phi) is 4.91. The zero-order valence-electron chi connectivity index (χ0n) is 13.9. The number of nitrogens with zero attached hydrogens (tertiary/aromatic N) is 1. The van der Waals surface area contributed by atoms with Crippen molar-refractivity contribution >= 4 is 5.78 Å². The Morgan fingerprint density at radius 3 is 2.61 bits per heavy atom. The summed E-state index contributed by atoms with van der Waals surface area (Å²) in [5, 5.41) is 7.24. The van der Waals surface area contributed by atoms with Crippen LogP contribution in [0, 0.1) is 12.8 Å². The molecule has 1 aliphatic rings. The van der Waals surface area contributed by atoms with Gasteiger partial charge in [-0.15, -0.1) is 0 Å². The topological polar surface area (TPSA) is 55.1 Å². The Balaban J connectivity index is 1.88. The van der Waals surface area contributed by atoms with Crippen LogP contribution in [0.2, 0.25) is 0 Å². The predicted molar refractivity (Wildman–Crippen MR) is 90.3 cm³/mol. The van der Waals surface area contributed by atoms with E-state index in [9.17, 15) is 4.79 Å². The summed E-state index contributed by atoms with van der Waals surface area (Å²) in [6.45, 7) is 2.63. The van der Waals surface area contributed by atoms with Gasteiger partial charge in [0.25, 0.3) is 0 Å². The lowest BCUT2D eigenvalue weighted by Crippen LogP contribution is -2.13. The molecule has 3 rings (SSSR count). The van der Waals surface area contributed by atoms with Gasteiger partial charge in [0.1, 0.15) is 0 Å². The predicted octanol–water partition coefficient (Wildman–Crippen LogP) is 4.13. The van der Waals surface area contributed by atoms with Gasteiger partial charge in [-0.3, -0.25) is 4.79 Å². The number of ketones is 1. The maximum Gasteiger partial charge on any atom is 0.185 e. The minimum Gasteiger partial charge on any atom is -0.355 e. The molecule has 0 aliphatic heterocycles. The molecule has 0 bridgehead atoms. The molecule has 0 amide bonds. The number of benzene rings is 1. The Hall–Kier alpha value is -1.94. The largest absolute Gasteiger partial charge is 0.355 e. The van der Waals surface area contributed by atoms with E-state index in [1.54, 1.807) is 0 Å². The van der Waals surface area contributed by atoms with Gasteiger partial charge in [-0.05, 0) is 19.9 Å². The van der Waals surface area contributed by atoms with E-state index in [2.05, 4.69) is 17.4 Å². The molecule has 23 heavy (non-hydrogen) atoms. The summed E-state index contributed by atoms with van der Waals surface area (Å²) in [7, 11) is 1.87. The van der Waals surface area contributed by atoms with Crippen LogP contribution in [-0.2, 0) is 6.54 Å². The fourth-order valence-corrected chi connectivity index (χ4v) is 3.37. The highest BCUT2D eigenvalue weighted by molar-refractivity contribution is 5.97. The molecule has 1 aliphatic carbocycles. The van der Waals surface area contributed by atoms with Crippen LogP contribution >= 0.6 is 0 Å². The van der Waals surface area contributed by atoms with Crippen LogP contribution < -0.4 is 5.32 Å². The molecule has 1 aromatic heterocycles. The Bertz CT molecular complexity index is 667. The van der Waals surface area contributed by atoms with E-state index < -0.39 is 0 Å². The summed E-state index contributed by atoms with van der Waals surface area (Å²) in [6.07, 6.45) is 5.41. The molecule has 1 fully saturated rings. The van der Waals surface area contributed by atoms with E-state index in [4.69, 9.17) is 4.52 Å². The molecule has 0 atom stereocenters. The third-order valence-electron chi connectivity index (χ3n) is 4.67. The summed E-state index contributed by atoms with van der Waals surface area (Å²) >= 11 is 0. The first-order chi connectivity index (χ1) is 11.2. The lowest BCUT2D eigenvalue weighted by molar-refractivity contribution is 0.0952. The molecule has 0 saturated heterocycles. The molecule has 4 heteroatoms. The number of rotatable bonds is 6. The SMILES string of the molecule is CNCc1c(C(=O)CC2CCCC2)noc1-c1ccc(C)cc1. The van der Waals surface area contributed by atoms with Gasteiger partial charge >= 0.3 is 0 Å². The van der Waals surface area contributed by atoms with Crippen molar-refractivity contribution in [1.82, 2.24) is 10.5 Å². The van der Waals surface area contributed by atoms with Gasteiger partial charge in [-0.1, -0.05) is 60.7 Å². The summed E-state index contributed by atoms with van der Waals surface area (Å²) in [5.41, 5.74) is 3.54. The van der Waals surface area contributed by atoms with E-state index >= 15 is 0 Å². The number of aryl methyl sites for hydroxylation is 1. The van der Waals surface area contributed by atoms with Gasteiger partial charge in [0.2, 0.25) is 0 Å². The molecule has 122 valence electrons. The van der Waals surface area contributed by atoms with Crippen molar-refractivity contribution in [2.45, 2.75) is 45.6 Å². The van der Waals surface area contributed by atoms with Crippen LogP contribution in [0.25, 0.3) is 11.3 Å². The van der Waals surface area contributed by atoms with Gasteiger partial charge in [0.05, 0.1) is 0 Å². The molecule has 0 unspecified atom stereocenters. The molecule has 0 spiro atoms. The molecule has 2 aromatic rings. The Labute approximate surface area is 137 Å². The Morgan fingerprint density at radius 2 is 1.96 bits per heavy atom. The van der Waals surface area contributed by atoms with Crippen LogP contribution in [0.1, 0.15) is 53.7 Å². The zero-order chi connectivity index (χ0) is 16.2. The number of carbonyl (C=O) groups excluding carboxylic acids is 1. The maximum atomic E-state index is 12.6. The number of Topliss-reactive ketones (excluding diaryl/α,β-unsaturated/α-hetero) is 1. The van der Waals surface area contributed by atoms with E-state index in [-0.39, 0.29) is 5.78 Å². The second-order valence-electron chi connectivity index (χ2n) is 6.51. The first-order valence-corrected chi connectivity index (χ1v) is 8.42. The molecular weight excluding hydrogens is 288 g/mol. The molecule has 4 nitrogen and oxygen atoms in total. The summed E-state index contributed by atoms with van der Waals surface area (Å²) < 4.78 is 5.55. The average molecular weight is 312 g/mol. The lowest BCUT2D eigenvalue weighted by Gasteiger charge is -2.07. The first-order valence-electron chi connectivity index (χ1n) is 8.42. The van der Waals surface area contributed by atoms with Gasteiger partial charge in [-0.2, -0.15) is 0 Å². The summed E-state index contributed by atoms with van der Waals surface area (Å²) in [6, 6.07) is 8.11. The first kappa shape index (κ1) is 15.9. The van der Waals surface area contributed by atoms with Crippen molar-refractivity contribution in [3.05, 3.63) is 41.1 Å². The molecule has 1 aromatic carbocycles. The second kappa shape index (κ2) is 7.09. The highest BCUT2D eigenvalue weighted by Gasteiger charge is 2.26. The van der Waals surface area contributed by atoms with Gasteiger partial charge < -0.3 is 9.84 Å². The summed E-state index contributed by atoms with van der Waals surface area (Å²) in [4.78, 5) is 12.6. The normalized spacial score (nSPS) is 15.2. The number of aromatic nitrogens is 1. The Morgan fingerprint density at radius 1 is 1.26 bits per heavy atom. The van der Waals surface area contributed by atoms with Crippen molar-refractivity contribution in [3.8, 4) is 11.3 Å². The van der Waals surface area contributed by atoms with Crippen molar-refractivity contribution < 1.29 is 9.32 Å². The van der Waals surface area contributed by atoms with Crippen LogP contribution in [0.5, 0.6) is 0 Å². The number of nitrogens with one attached hydrogen (secondary N) is 1. The molecule has 0 radical (unpaired) electrons. The van der Waals surface area contributed by atoms with Crippen molar-refractivity contribution in [2.75, 3.05) is 7.05 Å². The number of hydrogen-bond acceptors (Lipinski definition) is 4. The fourth-order valence-electron chi connectivity index (χ4n) is 3.37. The minimum atomic E-state index is 0.115. The van der Waals surface area contributed by atoms with E-state index in [0.717, 1.165) is 24.0 Å². The van der Waals surface area contributed by atoms with E-state index in [1.807, 2.05) is 31.3 Å². The van der Waals surface area contributed by atoms with Gasteiger partial charge in [0, 0.05) is 24.1 Å². The second-order valence-corrected chi connectivity index (χ2v) is 6.51. The third-order valence-corrected chi connectivity index (χ3v) is 4.67. The molecule has 1 N–H and O–H groups in total. The lowest BCUT2D eigenvalue weighted by atomic mass is 9.96. The van der Waals surface area contributed by atoms with Crippen LogP contribution in [0.15, 0.2) is 28.8 Å². The highest BCUT2D eigenvalue weighted by Crippen LogP contribution is 2.31. The summed E-state index contributed by atoms with van der Waals surface area (Å²) in [5.74, 6) is 1.34. The van der Waals surface area contributed by atoms with Crippen LogP contribution in [0.3, 0.4) is 0 Å². The fraction of sp³-hybridized carbons (Fsp3) is 0.474. The van der Waals surface area contributed by atoms with Gasteiger partial charge in [0.15, 0.2) is 17.2 Å². The standard InChI is InChI=1S/C19H24N2O2/c1-13-7-9-15(10-8-13)19-16(12-20-2)18(21-23-19)17(22)11-14-5-3-4-6-14/h7-10,14,20H,3-6,11-12H2,1-2H3. The van der Waals surface area contributed by atoms with Crippen LogP contribution in [0.4, 0.5) is 0 Å². The monoisotopic (exact) mass is 312 g/mol. The number of hydrogen-bond donors (Lipinski definition) is 1. The highest BCUT2D eigenvalue weighted by atomic mass is 16.5.